The summed E-state index contributed by atoms with van der Waals surface area (Å²) in [6.07, 6.45) is 8.20. The summed E-state index contributed by atoms with van der Waals surface area (Å²) in [5.74, 6) is 1.06. The van der Waals surface area contributed by atoms with Crippen molar-refractivity contribution < 1.29 is 0 Å². The van der Waals surface area contributed by atoms with E-state index in [1.165, 1.54) is 31.2 Å². The van der Waals surface area contributed by atoms with E-state index in [1.807, 2.05) is 6.20 Å². The van der Waals surface area contributed by atoms with E-state index in [0.29, 0.717) is 6.04 Å². The number of fused-ring (bicyclic) bond motifs is 2. The standard InChI is InChI=1S/C15H24N4/c1-3-6-19(15-7-11(2)10-16-18-15)14-8-12-4-5-13(9-14)17-12/h7,10,12-14,17H,3-6,8-9H2,1-2H3. The van der Waals surface area contributed by atoms with Crippen molar-refractivity contribution in [2.75, 3.05) is 11.4 Å². The second-order valence-corrected chi connectivity index (χ2v) is 6.05. The number of anilines is 1. The Hall–Kier alpha value is -1.16. The van der Waals surface area contributed by atoms with Crippen LogP contribution in [0, 0.1) is 6.92 Å². The van der Waals surface area contributed by atoms with Crippen LogP contribution in [0.25, 0.3) is 0 Å². The molecular weight excluding hydrogens is 236 g/mol. The first-order valence-corrected chi connectivity index (χ1v) is 7.58. The molecule has 0 radical (unpaired) electrons. The Bertz CT molecular complexity index is 422. The highest BCUT2D eigenvalue weighted by Crippen LogP contribution is 2.31. The lowest BCUT2D eigenvalue weighted by Gasteiger charge is -2.38. The van der Waals surface area contributed by atoms with Crippen LogP contribution in [0.4, 0.5) is 5.82 Å². The fraction of sp³-hybridized carbons (Fsp3) is 0.733. The second kappa shape index (κ2) is 5.45. The largest absolute Gasteiger partial charge is 0.352 e. The van der Waals surface area contributed by atoms with Crippen molar-refractivity contribution in [3.63, 3.8) is 0 Å². The van der Waals surface area contributed by atoms with Crippen LogP contribution in [-0.2, 0) is 0 Å². The molecule has 3 heterocycles. The van der Waals surface area contributed by atoms with Gasteiger partial charge in [-0.05, 0) is 50.7 Å². The van der Waals surface area contributed by atoms with Gasteiger partial charge in [0.1, 0.15) is 0 Å². The number of rotatable bonds is 4. The van der Waals surface area contributed by atoms with Crippen molar-refractivity contribution in [1.82, 2.24) is 15.5 Å². The Morgan fingerprint density at radius 2 is 2.05 bits per heavy atom. The highest BCUT2D eigenvalue weighted by molar-refractivity contribution is 5.40. The zero-order chi connectivity index (χ0) is 13.2. The molecule has 1 aromatic heterocycles. The third-order valence-corrected chi connectivity index (χ3v) is 4.43. The number of hydrogen-bond donors (Lipinski definition) is 1. The molecule has 3 rings (SSSR count). The minimum Gasteiger partial charge on any atom is -0.352 e. The average Bonchev–Trinajstić information content (AvgIpc) is 2.75. The lowest BCUT2D eigenvalue weighted by molar-refractivity contribution is 0.345. The van der Waals surface area contributed by atoms with E-state index in [2.05, 4.69) is 40.3 Å². The van der Waals surface area contributed by atoms with Crippen LogP contribution in [-0.4, -0.2) is 34.9 Å². The van der Waals surface area contributed by atoms with E-state index in [0.717, 1.165) is 30.9 Å². The molecule has 0 amide bonds. The maximum absolute atomic E-state index is 4.36. The third kappa shape index (κ3) is 2.73. The Kier molecular flexibility index (Phi) is 3.69. The molecule has 104 valence electrons. The van der Waals surface area contributed by atoms with Crippen molar-refractivity contribution in [3.05, 3.63) is 17.8 Å². The van der Waals surface area contributed by atoms with Gasteiger partial charge in [0.2, 0.25) is 0 Å². The molecule has 0 aliphatic carbocycles. The molecule has 0 aromatic carbocycles. The smallest absolute Gasteiger partial charge is 0.151 e. The molecule has 2 aliphatic heterocycles. The van der Waals surface area contributed by atoms with E-state index in [1.54, 1.807) is 0 Å². The van der Waals surface area contributed by atoms with Crippen LogP contribution in [0.2, 0.25) is 0 Å². The number of aryl methyl sites for hydroxylation is 1. The molecule has 0 saturated carbocycles. The van der Waals surface area contributed by atoms with Gasteiger partial charge in [0.25, 0.3) is 0 Å². The quantitative estimate of drug-likeness (QED) is 0.902. The molecule has 2 saturated heterocycles. The van der Waals surface area contributed by atoms with Crippen LogP contribution < -0.4 is 10.2 Å². The van der Waals surface area contributed by atoms with Crippen LogP contribution in [0.3, 0.4) is 0 Å². The Morgan fingerprint density at radius 1 is 1.32 bits per heavy atom. The number of hydrogen-bond acceptors (Lipinski definition) is 4. The molecule has 2 fully saturated rings. The van der Waals surface area contributed by atoms with Gasteiger partial charge in [-0.15, -0.1) is 5.10 Å². The van der Waals surface area contributed by atoms with Gasteiger partial charge in [0, 0.05) is 24.7 Å². The normalized spacial score (nSPS) is 29.5. The van der Waals surface area contributed by atoms with Crippen molar-refractivity contribution in [2.45, 2.75) is 64.1 Å². The lowest BCUT2D eigenvalue weighted by atomic mass is 9.98. The predicted molar refractivity (Wildman–Crippen MR) is 77.4 cm³/mol. The van der Waals surface area contributed by atoms with E-state index < -0.39 is 0 Å². The maximum atomic E-state index is 4.36. The van der Waals surface area contributed by atoms with Gasteiger partial charge < -0.3 is 10.2 Å². The first-order valence-electron chi connectivity index (χ1n) is 7.58. The zero-order valence-corrected chi connectivity index (χ0v) is 12.0. The monoisotopic (exact) mass is 260 g/mol. The van der Waals surface area contributed by atoms with Gasteiger partial charge in [-0.3, -0.25) is 0 Å². The summed E-state index contributed by atoms with van der Waals surface area (Å²) in [5.41, 5.74) is 1.20. The highest BCUT2D eigenvalue weighted by atomic mass is 15.3. The molecule has 19 heavy (non-hydrogen) atoms. The number of aromatic nitrogens is 2. The minimum absolute atomic E-state index is 0.634. The van der Waals surface area contributed by atoms with Crippen LogP contribution in [0.15, 0.2) is 12.3 Å². The number of nitrogens with one attached hydrogen (secondary N) is 1. The average molecular weight is 260 g/mol. The van der Waals surface area contributed by atoms with E-state index in [-0.39, 0.29) is 0 Å². The van der Waals surface area contributed by atoms with Gasteiger partial charge in [-0.1, -0.05) is 6.92 Å². The molecule has 1 aromatic rings. The van der Waals surface area contributed by atoms with Crippen molar-refractivity contribution in [3.8, 4) is 0 Å². The molecule has 1 N–H and O–H groups in total. The fourth-order valence-electron chi connectivity index (χ4n) is 3.60. The summed E-state index contributed by atoms with van der Waals surface area (Å²) in [4.78, 5) is 2.49. The Labute approximate surface area is 115 Å². The Morgan fingerprint density at radius 3 is 2.68 bits per heavy atom. The van der Waals surface area contributed by atoms with Crippen LogP contribution in [0.5, 0.6) is 0 Å². The maximum Gasteiger partial charge on any atom is 0.151 e. The van der Waals surface area contributed by atoms with E-state index in [4.69, 9.17) is 0 Å². The first kappa shape index (κ1) is 12.9. The van der Waals surface area contributed by atoms with E-state index in [9.17, 15) is 0 Å². The van der Waals surface area contributed by atoms with Crippen molar-refractivity contribution in [2.24, 2.45) is 0 Å². The predicted octanol–water partition coefficient (Wildman–Crippen LogP) is 2.28. The van der Waals surface area contributed by atoms with Gasteiger partial charge in [-0.2, -0.15) is 5.10 Å². The first-order chi connectivity index (χ1) is 9.26. The molecule has 2 bridgehead atoms. The summed E-state index contributed by atoms with van der Waals surface area (Å²) >= 11 is 0. The van der Waals surface area contributed by atoms with Gasteiger partial charge >= 0.3 is 0 Å². The summed E-state index contributed by atoms with van der Waals surface area (Å²) in [6.45, 7) is 5.42. The Balaban J connectivity index is 1.80. The number of piperidine rings is 1. The van der Waals surface area contributed by atoms with Gasteiger partial charge in [0.15, 0.2) is 5.82 Å². The highest BCUT2D eigenvalue weighted by Gasteiger charge is 2.36. The van der Waals surface area contributed by atoms with Crippen LogP contribution >= 0.6 is 0 Å². The van der Waals surface area contributed by atoms with Crippen molar-refractivity contribution in [1.29, 1.82) is 0 Å². The topological polar surface area (TPSA) is 41.1 Å². The zero-order valence-electron chi connectivity index (χ0n) is 12.0. The minimum atomic E-state index is 0.634. The molecule has 0 spiro atoms. The van der Waals surface area contributed by atoms with Crippen LogP contribution in [0.1, 0.15) is 44.6 Å². The molecule has 2 unspecified atom stereocenters. The van der Waals surface area contributed by atoms with Gasteiger partial charge in [-0.25, -0.2) is 0 Å². The lowest BCUT2D eigenvalue weighted by Crippen LogP contribution is -2.49. The molecule has 4 heteroatoms. The van der Waals surface area contributed by atoms with Crippen molar-refractivity contribution >= 4 is 5.82 Å². The van der Waals surface area contributed by atoms with Gasteiger partial charge in [0.05, 0.1) is 6.20 Å². The summed E-state index contributed by atoms with van der Waals surface area (Å²) < 4.78 is 0. The molecule has 4 nitrogen and oxygen atoms in total. The molecule has 2 atom stereocenters. The molecule has 2 aliphatic rings. The summed E-state index contributed by atoms with van der Waals surface area (Å²) in [6, 6.07) is 4.25. The third-order valence-electron chi connectivity index (χ3n) is 4.43. The SMILES string of the molecule is CCCN(c1cc(C)cnn1)C1CC2CCC(C1)N2. The second-order valence-electron chi connectivity index (χ2n) is 6.05. The van der Waals surface area contributed by atoms with E-state index >= 15 is 0 Å². The fourth-order valence-corrected chi connectivity index (χ4v) is 3.60. The summed E-state index contributed by atoms with van der Waals surface area (Å²) in [5, 5.41) is 12.2. The summed E-state index contributed by atoms with van der Waals surface area (Å²) in [7, 11) is 0. The number of nitrogens with zero attached hydrogens (tertiary/aromatic N) is 3. The molecular formula is C15H24N4.